The third-order valence-corrected chi connectivity index (χ3v) is 3.86. The van der Waals surface area contributed by atoms with Gasteiger partial charge in [-0.1, -0.05) is 47.5 Å². The van der Waals surface area contributed by atoms with E-state index in [0.29, 0.717) is 23.6 Å². The second kappa shape index (κ2) is 7.07. The number of hydrogen-bond donors (Lipinski definition) is 1. The lowest BCUT2D eigenvalue weighted by Crippen LogP contribution is -2.20. The Hall–Kier alpha value is -1.09. The van der Waals surface area contributed by atoms with Gasteiger partial charge in [-0.25, -0.2) is 4.39 Å². The zero-order valence-corrected chi connectivity index (χ0v) is 12.5. The van der Waals surface area contributed by atoms with Gasteiger partial charge in [-0.2, -0.15) is 0 Å². The zero-order chi connectivity index (χ0) is 14.5. The highest BCUT2D eigenvalue weighted by molar-refractivity contribution is 6.31. The van der Waals surface area contributed by atoms with Crippen LogP contribution in [0.3, 0.4) is 0 Å². The molecule has 0 radical (unpaired) electrons. The fraction of sp³-hybridized carbons (Fsp3) is 0.250. The van der Waals surface area contributed by atoms with E-state index in [1.54, 1.807) is 18.2 Å². The Balaban J connectivity index is 2.09. The third-order valence-electron chi connectivity index (χ3n) is 3.31. The van der Waals surface area contributed by atoms with Crippen molar-refractivity contribution in [2.45, 2.75) is 12.8 Å². The minimum absolute atomic E-state index is 0.157. The second-order valence-electron chi connectivity index (χ2n) is 4.85. The van der Waals surface area contributed by atoms with Crippen LogP contribution in [0.15, 0.2) is 42.5 Å². The average Bonchev–Trinajstić information content (AvgIpc) is 2.45. The monoisotopic (exact) mass is 311 g/mol. The van der Waals surface area contributed by atoms with E-state index < -0.39 is 0 Å². The summed E-state index contributed by atoms with van der Waals surface area (Å²) in [6, 6.07) is 12.7. The van der Waals surface area contributed by atoms with Gasteiger partial charge < -0.3 is 5.73 Å². The summed E-state index contributed by atoms with van der Waals surface area (Å²) >= 11 is 11.7. The Morgan fingerprint density at radius 2 is 1.70 bits per heavy atom. The van der Waals surface area contributed by atoms with Gasteiger partial charge in [-0.3, -0.25) is 0 Å². The van der Waals surface area contributed by atoms with Gasteiger partial charge in [0.1, 0.15) is 5.82 Å². The maximum absolute atomic E-state index is 13.9. The molecule has 0 aliphatic carbocycles. The molecule has 0 amide bonds. The summed E-state index contributed by atoms with van der Waals surface area (Å²) in [5.74, 6) is -0.173. The van der Waals surface area contributed by atoms with Crippen molar-refractivity contribution in [3.8, 4) is 0 Å². The van der Waals surface area contributed by atoms with E-state index in [4.69, 9.17) is 28.9 Å². The molecule has 0 aromatic heterocycles. The van der Waals surface area contributed by atoms with Crippen LogP contribution in [-0.2, 0) is 12.8 Å². The Morgan fingerprint density at radius 3 is 2.35 bits per heavy atom. The van der Waals surface area contributed by atoms with Crippen molar-refractivity contribution in [3.63, 3.8) is 0 Å². The molecule has 4 heteroatoms. The standard InChI is InChI=1S/C16H16Cl2FN/c17-14-6-4-11(5-7-14)8-12(10-20)9-13-2-1-3-15(18)16(13)19/h1-7,12H,8-10,20H2. The summed E-state index contributed by atoms with van der Waals surface area (Å²) < 4.78 is 13.9. The zero-order valence-electron chi connectivity index (χ0n) is 11.0. The Labute approximate surface area is 128 Å². The van der Waals surface area contributed by atoms with Crippen LogP contribution in [0.25, 0.3) is 0 Å². The maximum Gasteiger partial charge on any atom is 0.144 e. The maximum atomic E-state index is 13.9. The summed E-state index contributed by atoms with van der Waals surface area (Å²) in [4.78, 5) is 0. The van der Waals surface area contributed by atoms with E-state index in [2.05, 4.69) is 0 Å². The molecule has 2 aromatic carbocycles. The van der Waals surface area contributed by atoms with E-state index >= 15 is 0 Å². The topological polar surface area (TPSA) is 26.0 Å². The van der Waals surface area contributed by atoms with Crippen LogP contribution in [0.2, 0.25) is 10.0 Å². The predicted molar refractivity (Wildman–Crippen MR) is 82.8 cm³/mol. The van der Waals surface area contributed by atoms with Crippen molar-refractivity contribution < 1.29 is 4.39 Å². The molecule has 0 bridgehead atoms. The number of nitrogens with two attached hydrogens (primary N) is 1. The first kappa shape index (κ1) is 15.3. The van der Waals surface area contributed by atoms with Gasteiger partial charge in [0.05, 0.1) is 5.02 Å². The lowest BCUT2D eigenvalue weighted by molar-refractivity contribution is 0.512. The third kappa shape index (κ3) is 3.95. The normalized spacial score (nSPS) is 12.4. The van der Waals surface area contributed by atoms with Gasteiger partial charge in [0.25, 0.3) is 0 Å². The Bertz CT molecular complexity index is 569. The quantitative estimate of drug-likeness (QED) is 0.865. The van der Waals surface area contributed by atoms with Crippen molar-refractivity contribution in [1.82, 2.24) is 0 Å². The Morgan fingerprint density at radius 1 is 1.00 bits per heavy atom. The lowest BCUT2D eigenvalue weighted by atomic mass is 9.92. The fourth-order valence-electron chi connectivity index (χ4n) is 2.21. The summed E-state index contributed by atoms with van der Waals surface area (Å²) in [7, 11) is 0. The molecule has 1 nitrogen and oxygen atoms in total. The average molecular weight is 312 g/mol. The van der Waals surface area contributed by atoms with Gasteiger partial charge in [0.2, 0.25) is 0 Å². The number of rotatable bonds is 5. The molecular weight excluding hydrogens is 296 g/mol. The molecule has 2 N–H and O–H groups in total. The summed E-state index contributed by atoms with van der Waals surface area (Å²) in [5.41, 5.74) is 7.56. The van der Waals surface area contributed by atoms with Crippen LogP contribution in [0.4, 0.5) is 4.39 Å². The first-order valence-corrected chi connectivity index (χ1v) is 7.23. The van der Waals surface area contributed by atoms with Crippen molar-refractivity contribution in [2.24, 2.45) is 11.7 Å². The first-order chi connectivity index (χ1) is 9.60. The van der Waals surface area contributed by atoms with Crippen molar-refractivity contribution in [3.05, 3.63) is 69.5 Å². The van der Waals surface area contributed by atoms with Crippen molar-refractivity contribution in [1.29, 1.82) is 0 Å². The van der Waals surface area contributed by atoms with Crippen LogP contribution in [0.1, 0.15) is 11.1 Å². The summed E-state index contributed by atoms with van der Waals surface area (Å²) in [6.45, 7) is 0.495. The molecule has 1 atom stereocenters. The molecule has 0 heterocycles. The highest BCUT2D eigenvalue weighted by Crippen LogP contribution is 2.22. The van der Waals surface area contributed by atoms with Gasteiger partial charge in [0, 0.05) is 5.02 Å². The van der Waals surface area contributed by atoms with Gasteiger partial charge in [0.15, 0.2) is 0 Å². The molecule has 0 aliphatic rings. The van der Waals surface area contributed by atoms with Crippen molar-refractivity contribution in [2.75, 3.05) is 6.54 Å². The minimum Gasteiger partial charge on any atom is -0.330 e. The highest BCUT2D eigenvalue weighted by atomic mass is 35.5. The molecule has 106 valence electrons. The van der Waals surface area contributed by atoms with Crippen molar-refractivity contribution >= 4 is 23.2 Å². The molecule has 0 spiro atoms. The molecular formula is C16H16Cl2FN. The van der Waals surface area contributed by atoms with Gasteiger partial charge in [-0.05, 0) is 54.6 Å². The van der Waals surface area contributed by atoms with Gasteiger partial charge >= 0.3 is 0 Å². The van der Waals surface area contributed by atoms with Crippen LogP contribution in [0, 0.1) is 11.7 Å². The van der Waals surface area contributed by atoms with Crippen LogP contribution in [-0.4, -0.2) is 6.54 Å². The van der Waals surface area contributed by atoms with E-state index in [0.717, 1.165) is 12.0 Å². The second-order valence-corrected chi connectivity index (χ2v) is 5.69. The van der Waals surface area contributed by atoms with E-state index in [1.807, 2.05) is 24.3 Å². The molecule has 0 fully saturated rings. The van der Waals surface area contributed by atoms with Crippen LogP contribution < -0.4 is 5.73 Å². The van der Waals surface area contributed by atoms with Crippen LogP contribution in [0.5, 0.6) is 0 Å². The summed E-state index contributed by atoms with van der Waals surface area (Å²) in [6.07, 6.45) is 1.37. The minimum atomic E-state index is -0.344. The Kier molecular flexibility index (Phi) is 5.41. The molecule has 2 rings (SSSR count). The molecule has 1 unspecified atom stereocenters. The smallest absolute Gasteiger partial charge is 0.144 e. The highest BCUT2D eigenvalue weighted by Gasteiger charge is 2.13. The van der Waals surface area contributed by atoms with E-state index in [9.17, 15) is 4.39 Å². The SMILES string of the molecule is NCC(Cc1ccc(Cl)cc1)Cc1cccc(Cl)c1F. The number of benzene rings is 2. The predicted octanol–water partition coefficient (Wildman–Crippen LogP) is 4.49. The summed E-state index contributed by atoms with van der Waals surface area (Å²) in [5, 5.41) is 0.865. The molecule has 0 aliphatic heterocycles. The molecule has 2 aromatic rings. The van der Waals surface area contributed by atoms with Crippen LogP contribution >= 0.6 is 23.2 Å². The van der Waals surface area contributed by atoms with E-state index in [1.165, 1.54) is 0 Å². The van der Waals surface area contributed by atoms with E-state index in [-0.39, 0.29) is 16.8 Å². The fourth-order valence-corrected chi connectivity index (χ4v) is 2.53. The lowest BCUT2D eigenvalue weighted by Gasteiger charge is -2.16. The number of hydrogen-bond acceptors (Lipinski definition) is 1. The largest absolute Gasteiger partial charge is 0.330 e. The molecule has 20 heavy (non-hydrogen) atoms. The molecule has 0 saturated carbocycles. The van der Waals surface area contributed by atoms with Gasteiger partial charge in [-0.15, -0.1) is 0 Å². The first-order valence-electron chi connectivity index (χ1n) is 6.47. The molecule has 0 saturated heterocycles. The number of halogens is 3.